The molecule has 1 rings (SSSR count). The molecule has 0 saturated carbocycles. The van der Waals surface area contributed by atoms with Gasteiger partial charge in [0.15, 0.2) is 0 Å². The Balaban J connectivity index is 2.13. The Morgan fingerprint density at radius 3 is 3.00 bits per heavy atom. The molecule has 0 aliphatic heterocycles. The van der Waals surface area contributed by atoms with Gasteiger partial charge in [-0.2, -0.15) is 11.8 Å². The van der Waals surface area contributed by atoms with Gasteiger partial charge in [0.1, 0.15) is 0 Å². The van der Waals surface area contributed by atoms with Gasteiger partial charge in [-0.15, -0.1) is 0 Å². The summed E-state index contributed by atoms with van der Waals surface area (Å²) in [6, 6.07) is 3.99. The van der Waals surface area contributed by atoms with Crippen molar-refractivity contribution < 1.29 is 4.74 Å². The molecule has 0 spiro atoms. The lowest BCUT2D eigenvalue weighted by atomic mass is 10.2. The lowest BCUT2D eigenvalue weighted by Crippen LogP contribution is -2.15. The highest BCUT2D eigenvalue weighted by Crippen LogP contribution is 2.12. The first kappa shape index (κ1) is 14.3. The van der Waals surface area contributed by atoms with Gasteiger partial charge in [-0.25, -0.2) is 4.98 Å². The number of aromatic nitrogens is 1. The molecular formula is C13H22N2OS. The molecular weight excluding hydrogens is 232 g/mol. The Labute approximate surface area is 108 Å². The van der Waals surface area contributed by atoms with Gasteiger partial charge in [-0.1, -0.05) is 12.5 Å². The summed E-state index contributed by atoms with van der Waals surface area (Å²) in [6.45, 7) is 1.89. The molecule has 0 amide bonds. The van der Waals surface area contributed by atoms with Crippen LogP contribution >= 0.6 is 11.8 Å². The predicted molar refractivity (Wildman–Crippen MR) is 74.7 cm³/mol. The molecule has 0 aliphatic carbocycles. The smallest absolute Gasteiger partial charge is 0.217 e. The van der Waals surface area contributed by atoms with Gasteiger partial charge in [-0.3, -0.25) is 0 Å². The fourth-order valence-corrected chi connectivity index (χ4v) is 2.13. The van der Waals surface area contributed by atoms with Crippen LogP contribution in [0.15, 0.2) is 18.3 Å². The molecule has 4 heteroatoms. The summed E-state index contributed by atoms with van der Waals surface area (Å²) in [6.07, 6.45) is 7.78. The second-order valence-electron chi connectivity index (χ2n) is 3.90. The van der Waals surface area contributed by atoms with Crippen LogP contribution in [-0.4, -0.2) is 30.6 Å². The Morgan fingerprint density at radius 1 is 1.35 bits per heavy atom. The molecule has 3 nitrogen and oxygen atoms in total. The largest absolute Gasteiger partial charge is 0.481 e. The predicted octanol–water partition coefficient (Wildman–Crippen LogP) is 2.71. The molecule has 0 aliphatic rings. The second-order valence-corrected chi connectivity index (χ2v) is 4.89. The van der Waals surface area contributed by atoms with Crippen LogP contribution in [-0.2, 0) is 6.54 Å². The fraction of sp³-hybridized carbons (Fsp3) is 0.615. The van der Waals surface area contributed by atoms with E-state index in [1.807, 2.05) is 23.9 Å². The van der Waals surface area contributed by atoms with Gasteiger partial charge < -0.3 is 10.1 Å². The van der Waals surface area contributed by atoms with Gasteiger partial charge in [0, 0.05) is 18.3 Å². The van der Waals surface area contributed by atoms with Crippen molar-refractivity contribution in [2.24, 2.45) is 0 Å². The quantitative estimate of drug-likeness (QED) is 0.687. The maximum Gasteiger partial charge on any atom is 0.217 e. The van der Waals surface area contributed by atoms with Gasteiger partial charge in [0.05, 0.1) is 7.11 Å². The lowest BCUT2D eigenvalue weighted by Gasteiger charge is -2.08. The third kappa shape index (κ3) is 5.94. The summed E-state index contributed by atoms with van der Waals surface area (Å²) in [5.74, 6) is 2.00. The minimum Gasteiger partial charge on any atom is -0.481 e. The van der Waals surface area contributed by atoms with E-state index in [-0.39, 0.29) is 0 Å². The fourth-order valence-electron chi connectivity index (χ4n) is 1.64. The molecule has 0 atom stereocenters. The maximum atomic E-state index is 5.20. The van der Waals surface area contributed by atoms with Crippen molar-refractivity contribution in [3.05, 3.63) is 23.9 Å². The number of nitrogens with one attached hydrogen (secondary N) is 1. The van der Waals surface area contributed by atoms with Crippen LogP contribution in [0.2, 0.25) is 0 Å². The highest BCUT2D eigenvalue weighted by Gasteiger charge is 2.01. The number of hydrogen-bond donors (Lipinski definition) is 1. The first-order valence-corrected chi connectivity index (χ1v) is 7.45. The molecule has 0 aromatic carbocycles. The highest BCUT2D eigenvalue weighted by molar-refractivity contribution is 7.98. The van der Waals surface area contributed by atoms with E-state index < -0.39 is 0 Å². The summed E-state index contributed by atoms with van der Waals surface area (Å²) in [7, 11) is 1.66. The number of nitrogens with zero attached hydrogens (tertiary/aromatic N) is 1. The van der Waals surface area contributed by atoms with Crippen molar-refractivity contribution >= 4 is 11.8 Å². The summed E-state index contributed by atoms with van der Waals surface area (Å²) in [5, 5.41) is 3.43. The molecule has 17 heavy (non-hydrogen) atoms. The van der Waals surface area contributed by atoms with E-state index in [2.05, 4.69) is 16.6 Å². The molecule has 0 bridgehead atoms. The van der Waals surface area contributed by atoms with E-state index in [4.69, 9.17) is 4.74 Å². The van der Waals surface area contributed by atoms with Crippen molar-refractivity contribution in [3.8, 4) is 5.88 Å². The number of rotatable bonds is 9. The Morgan fingerprint density at radius 2 is 2.24 bits per heavy atom. The minimum absolute atomic E-state index is 0.724. The van der Waals surface area contributed by atoms with Crippen molar-refractivity contribution in [2.45, 2.75) is 25.8 Å². The summed E-state index contributed by atoms with van der Waals surface area (Å²) in [4.78, 5) is 4.17. The standard InChI is InChI=1S/C13H22N2OS/c1-16-13-12(7-6-9-15-13)11-14-8-4-3-5-10-17-2/h6-7,9,14H,3-5,8,10-11H2,1-2H3. The Hall–Kier alpha value is -0.740. The van der Waals surface area contributed by atoms with Crippen LogP contribution in [0.25, 0.3) is 0 Å². The van der Waals surface area contributed by atoms with Gasteiger partial charge >= 0.3 is 0 Å². The SMILES string of the molecule is COc1ncccc1CNCCCCCSC. The average Bonchev–Trinajstić information content (AvgIpc) is 2.38. The third-order valence-electron chi connectivity index (χ3n) is 2.56. The molecule has 1 aromatic rings. The normalized spacial score (nSPS) is 10.5. The zero-order valence-electron chi connectivity index (χ0n) is 10.7. The van der Waals surface area contributed by atoms with Crippen molar-refractivity contribution in [1.29, 1.82) is 0 Å². The highest BCUT2D eigenvalue weighted by atomic mass is 32.2. The number of methoxy groups -OCH3 is 1. The monoisotopic (exact) mass is 254 g/mol. The van der Waals surface area contributed by atoms with Crippen LogP contribution in [0.5, 0.6) is 5.88 Å². The van der Waals surface area contributed by atoms with E-state index in [1.165, 1.54) is 25.0 Å². The van der Waals surface area contributed by atoms with Crippen molar-refractivity contribution in [3.63, 3.8) is 0 Å². The summed E-state index contributed by atoms with van der Waals surface area (Å²) >= 11 is 1.92. The molecule has 0 saturated heterocycles. The first-order valence-electron chi connectivity index (χ1n) is 6.06. The van der Waals surface area contributed by atoms with Gasteiger partial charge in [-0.05, 0) is 37.5 Å². The van der Waals surface area contributed by atoms with Crippen LogP contribution in [0.4, 0.5) is 0 Å². The van der Waals surface area contributed by atoms with Gasteiger partial charge in [0.25, 0.3) is 0 Å². The zero-order valence-corrected chi connectivity index (χ0v) is 11.6. The second kappa shape index (κ2) is 9.31. The summed E-state index contributed by atoms with van der Waals surface area (Å²) in [5.41, 5.74) is 1.12. The number of thioether (sulfide) groups is 1. The van der Waals surface area contributed by atoms with Crippen molar-refractivity contribution in [2.75, 3.05) is 25.7 Å². The Kier molecular flexibility index (Phi) is 7.84. The molecule has 1 aromatic heterocycles. The van der Waals surface area contributed by atoms with E-state index in [0.29, 0.717) is 0 Å². The lowest BCUT2D eigenvalue weighted by molar-refractivity contribution is 0.390. The van der Waals surface area contributed by atoms with Crippen LogP contribution < -0.4 is 10.1 Å². The van der Waals surface area contributed by atoms with Crippen LogP contribution in [0, 0.1) is 0 Å². The molecule has 0 fully saturated rings. The Bertz CT molecular complexity index is 307. The third-order valence-corrected chi connectivity index (χ3v) is 3.26. The van der Waals surface area contributed by atoms with Crippen LogP contribution in [0.3, 0.4) is 0 Å². The minimum atomic E-state index is 0.724. The van der Waals surface area contributed by atoms with Gasteiger partial charge in [0.2, 0.25) is 5.88 Å². The number of pyridine rings is 1. The summed E-state index contributed by atoms with van der Waals surface area (Å²) < 4.78 is 5.20. The van der Waals surface area contributed by atoms with E-state index in [0.717, 1.165) is 24.5 Å². The maximum absolute atomic E-state index is 5.20. The number of ether oxygens (including phenoxy) is 1. The van der Waals surface area contributed by atoms with E-state index >= 15 is 0 Å². The van der Waals surface area contributed by atoms with Crippen molar-refractivity contribution in [1.82, 2.24) is 10.3 Å². The molecule has 96 valence electrons. The topological polar surface area (TPSA) is 34.1 Å². The number of hydrogen-bond acceptors (Lipinski definition) is 4. The molecule has 1 N–H and O–H groups in total. The van der Waals surface area contributed by atoms with E-state index in [9.17, 15) is 0 Å². The van der Waals surface area contributed by atoms with E-state index in [1.54, 1.807) is 13.3 Å². The van der Waals surface area contributed by atoms with Crippen LogP contribution in [0.1, 0.15) is 24.8 Å². The first-order chi connectivity index (χ1) is 8.38. The number of unbranched alkanes of at least 4 members (excludes halogenated alkanes) is 2. The molecule has 1 heterocycles. The average molecular weight is 254 g/mol. The molecule has 0 radical (unpaired) electrons. The molecule has 0 unspecified atom stereocenters. The zero-order chi connectivity index (χ0) is 12.3.